The third kappa shape index (κ3) is 5.44. The summed E-state index contributed by atoms with van der Waals surface area (Å²) in [7, 11) is 0. The molecule has 0 bridgehead atoms. The normalized spacial score (nSPS) is 17.2. The van der Waals surface area contributed by atoms with E-state index < -0.39 is 0 Å². The van der Waals surface area contributed by atoms with Crippen molar-refractivity contribution in [2.75, 3.05) is 19.7 Å². The Morgan fingerprint density at radius 3 is 2.62 bits per heavy atom. The first-order valence-electron chi connectivity index (χ1n) is 8.62. The molecule has 3 rings (SSSR count). The molecule has 4 nitrogen and oxygen atoms in total. The van der Waals surface area contributed by atoms with Gasteiger partial charge >= 0.3 is 0 Å². The van der Waals surface area contributed by atoms with Gasteiger partial charge in [0.05, 0.1) is 12.7 Å². The highest BCUT2D eigenvalue weighted by Gasteiger charge is 2.24. The first-order chi connectivity index (χ1) is 12.6. The molecule has 0 aliphatic carbocycles. The quantitative estimate of drug-likeness (QED) is 0.761. The number of likely N-dealkylation sites (tertiary alicyclic amines) is 1. The maximum absolute atomic E-state index is 12.9. The molecule has 1 unspecified atom stereocenters. The minimum Gasteiger partial charge on any atom is -0.484 e. The van der Waals surface area contributed by atoms with E-state index in [-0.39, 0.29) is 24.4 Å². The Balaban J connectivity index is 1.45. The van der Waals surface area contributed by atoms with Crippen LogP contribution in [0.3, 0.4) is 0 Å². The Bertz CT molecular complexity index is 721. The van der Waals surface area contributed by atoms with Crippen LogP contribution in [0.4, 0.5) is 4.39 Å². The number of benzene rings is 2. The Morgan fingerprint density at radius 2 is 1.88 bits per heavy atom. The van der Waals surface area contributed by atoms with Crippen LogP contribution in [0.15, 0.2) is 48.5 Å². The monoisotopic (exact) mass is 377 g/mol. The van der Waals surface area contributed by atoms with Gasteiger partial charge in [-0.2, -0.15) is 0 Å². The van der Waals surface area contributed by atoms with Crippen molar-refractivity contribution >= 4 is 17.5 Å². The van der Waals surface area contributed by atoms with Gasteiger partial charge in [-0.3, -0.25) is 4.79 Å². The summed E-state index contributed by atoms with van der Waals surface area (Å²) >= 11 is 5.83. The van der Waals surface area contributed by atoms with Gasteiger partial charge in [0.2, 0.25) is 0 Å². The van der Waals surface area contributed by atoms with Crippen molar-refractivity contribution < 1.29 is 18.7 Å². The van der Waals surface area contributed by atoms with Gasteiger partial charge in [-0.1, -0.05) is 23.7 Å². The van der Waals surface area contributed by atoms with Crippen molar-refractivity contribution in [1.82, 2.24) is 4.90 Å². The number of hydrogen-bond acceptors (Lipinski definition) is 3. The average molecular weight is 378 g/mol. The summed E-state index contributed by atoms with van der Waals surface area (Å²) < 4.78 is 24.4. The molecule has 0 radical (unpaired) electrons. The second-order valence-corrected chi connectivity index (χ2v) is 6.72. The van der Waals surface area contributed by atoms with E-state index in [0.717, 1.165) is 18.4 Å². The van der Waals surface area contributed by atoms with Gasteiger partial charge in [-0.05, 0) is 54.8 Å². The van der Waals surface area contributed by atoms with E-state index in [2.05, 4.69) is 0 Å². The van der Waals surface area contributed by atoms with Crippen LogP contribution >= 0.6 is 11.6 Å². The maximum atomic E-state index is 12.9. The van der Waals surface area contributed by atoms with E-state index in [0.29, 0.717) is 30.5 Å². The van der Waals surface area contributed by atoms with E-state index in [9.17, 15) is 9.18 Å². The van der Waals surface area contributed by atoms with Crippen LogP contribution in [0.2, 0.25) is 5.02 Å². The van der Waals surface area contributed by atoms with E-state index in [1.165, 1.54) is 12.1 Å². The number of ether oxygens (including phenoxy) is 2. The minimum atomic E-state index is -0.260. The summed E-state index contributed by atoms with van der Waals surface area (Å²) in [5, 5.41) is 0.626. The Hall–Kier alpha value is -2.11. The predicted octanol–water partition coefficient (Wildman–Crippen LogP) is 4.07. The Morgan fingerprint density at radius 1 is 1.15 bits per heavy atom. The zero-order valence-electron chi connectivity index (χ0n) is 14.4. The molecule has 2 aromatic carbocycles. The summed E-state index contributed by atoms with van der Waals surface area (Å²) in [6, 6.07) is 13.2. The van der Waals surface area contributed by atoms with Crippen LogP contribution in [0.1, 0.15) is 18.4 Å². The van der Waals surface area contributed by atoms with Gasteiger partial charge in [-0.15, -0.1) is 0 Å². The van der Waals surface area contributed by atoms with Crippen LogP contribution in [0.25, 0.3) is 0 Å². The number of amides is 1. The van der Waals surface area contributed by atoms with Crippen molar-refractivity contribution in [2.24, 2.45) is 0 Å². The van der Waals surface area contributed by atoms with Crippen LogP contribution in [-0.4, -0.2) is 36.6 Å². The van der Waals surface area contributed by atoms with Gasteiger partial charge in [0, 0.05) is 18.1 Å². The lowest BCUT2D eigenvalue weighted by atomic mass is 10.1. The molecule has 0 aromatic heterocycles. The SMILES string of the molecule is O=C(COc1ccc(Cl)cc1)N1CCCC(OCc2ccc(F)cc2)C1. The molecule has 6 heteroatoms. The van der Waals surface area contributed by atoms with Crippen molar-refractivity contribution in [3.05, 3.63) is 64.9 Å². The number of halogens is 2. The van der Waals surface area contributed by atoms with Gasteiger partial charge in [-0.25, -0.2) is 4.39 Å². The molecular weight excluding hydrogens is 357 g/mol. The lowest BCUT2D eigenvalue weighted by Gasteiger charge is -2.32. The van der Waals surface area contributed by atoms with Gasteiger partial charge in [0.25, 0.3) is 5.91 Å². The van der Waals surface area contributed by atoms with Crippen LogP contribution in [-0.2, 0) is 16.1 Å². The standard InChI is InChI=1S/C20H21ClFNO3/c21-16-5-9-18(10-6-16)26-14-20(24)23-11-1-2-19(12-23)25-13-15-3-7-17(22)8-4-15/h3-10,19H,1-2,11-14H2. The topological polar surface area (TPSA) is 38.8 Å². The van der Waals surface area contributed by atoms with E-state index in [4.69, 9.17) is 21.1 Å². The number of nitrogens with zero attached hydrogens (tertiary/aromatic N) is 1. The molecule has 2 aromatic rings. The largest absolute Gasteiger partial charge is 0.484 e. The molecule has 0 saturated carbocycles. The van der Waals surface area contributed by atoms with Gasteiger partial charge in [0.15, 0.2) is 6.61 Å². The van der Waals surface area contributed by atoms with Crippen molar-refractivity contribution in [3.63, 3.8) is 0 Å². The predicted molar refractivity (Wildman–Crippen MR) is 97.7 cm³/mol. The van der Waals surface area contributed by atoms with Gasteiger partial charge in [0.1, 0.15) is 11.6 Å². The molecule has 26 heavy (non-hydrogen) atoms. The fourth-order valence-electron chi connectivity index (χ4n) is 2.86. The van der Waals surface area contributed by atoms with E-state index in [1.807, 2.05) is 0 Å². The smallest absolute Gasteiger partial charge is 0.260 e. The summed E-state index contributed by atoms with van der Waals surface area (Å²) in [5.41, 5.74) is 0.918. The molecule has 1 saturated heterocycles. The molecule has 0 spiro atoms. The molecule has 1 aliphatic rings. The van der Waals surface area contributed by atoms with E-state index in [1.54, 1.807) is 41.3 Å². The molecule has 1 aliphatic heterocycles. The zero-order chi connectivity index (χ0) is 18.4. The number of piperidine rings is 1. The average Bonchev–Trinajstić information content (AvgIpc) is 2.67. The third-order valence-corrected chi connectivity index (χ3v) is 4.56. The number of hydrogen-bond donors (Lipinski definition) is 0. The second-order valence-electron chi connectivity index (χ2n) is 6.28. The lowest BCUT2D eigenvalue weighted by molar-refractivity contribution is -0.137. The molecule has 1 atom stereocenters. The van der Waals surface area contributed by atoms with Crippen molar-refractivity contribution in [3.8, 4) is 5.75 Å². The first-order valence-corrected chi connectivity index (χ1v) is 9.00. The molecule has 138 valence electrons. The van der Waals surface area contributed by atoms with Crippen molar-refractivity contribution in [1.29, 1.82) is 0 Å². The molecule has 1 amide bonds. The summed E-state index contributed by atoms with van der Waals surface area (Å²) in [6.07, 6.45) is 1.78. The van der Waals surface area contributed by atoms with Gasteiger partial charge < -0.3 is 14.4 Å². The highest BCUT2D eigenvalue weighted by Crippen LogP contribution is 2.18. The Kier molecular flexibility index (Phi) is 6.47. The number of carbonyl (C=O) groups excluding carboxylic acids is 1. The minimum absolute atomic E-state index is 0.00762. The van der Waals surface area contributed by atoms with Crippen LogP contribution in [0.5, 0.6) is 5.75 Å². The number of carbonyl (C=O) groups is 1. The van der Waals surface area contributed by atoms with Crippen LogP contribution < -0.4 is 4.74 Å². The summed E-state index contributed by atoms with van der Waals surface area (Å²) in [6.45, 7) is 1.66. The second kappa shape index (κ2) is 9.01. The van der Waals surface area contributed by atoms with Crippen LogP contribution in [0, 0.1) is 5.82 Å². The highest BCUT2D eigenvalue weighted by molar-refractivity contribution is 6.30. The highest BCUT2D eigenvalue weighted by atomic mass is 35.5. The summed E-state index contributed by atoms with van der Waals surface area (Å²) in [4.78, 5) is 14.1. The number of rotatable bonds is 6. The molecule has 0 N–H and O–H groups in total. The third-order valence-electron chi connectivity index (χ3n) is 4.31. The summed E-state index contributed by atoms with van der Waals surface area (Å²) in [5.74, 6) is 0.294. The molecule has 1 heterocycles. The first kappa shape index (κ1) is 18.7. The molecule has 1 fully saturated rings. The fraction of sp³-hybridized carbons (Fsp3) is 0.350. The lowest BCUT2D eigenvalue weighted by Crippen LogP contribution is -2.45. The zero-order valence-corrected chi connectivity index (χ0v) is 15.1. The fourth-order valence-corrected chi connectivity index (χ4v) is 2.99. The van der Waals surface area contributed by atoms with E-state index >= 15 is 0 Å². The molecular formula is C20H21ClFNO3. The Labute approximate surface area is 157 Å². The van der Waals surface area contributed by atoms with Crippen molar-refractivity contribution in [2.45, 2.75) is 25.6 Å². The maximum Gasteiger partial charge on any atom is 0.260 e.